The molecule has 2 heterocycles. The van der Waals surface area contributed by atoms with E-state index >= 15 is 0 Å². The molecule has 0 aliphatic rings. The third-order valence-corrected chi connectivity index (χ3v) is 4.75. The average Bonchev–Trinajstić information content (AvgIpc) is 3.05. The second kappa shape index (κ2) is 6.02. The van der Waals surface area contributed by atoms with Crippen molar-refractivity contribution in [1.82, 2.24) is 0 Å². The molecule has 1 N–H and O–H groups in total. The number of aliphatic hydroxyl groups is 1. The van der Waals surface area contributed by atoms with Crippen LogP contribution in [0.3, 0.4) is 0 Å². The van der Waals surface area contributed by atoms with E-state index in [4.69, 9.17) is 0 Å². The van der Waals surface area contributed by atoms with Crippen LogP contribution in [0.1, 0.15) is 22.8 Å². The van der Waals surface area contributed by atoms with Gasteiger partial charge in [-0.05, 0) is 31.2 Å². The van der Waals surface area contributed by atoms with Gasteiger partial charge >= 0.3 is 5.97 Å². The molecule has 0 aromatic carbocycles. The molecule has 19 heavy (non-hydrogen) atoms. The highest BCUT2D eigenvalue weighted by Crippen LogP contribution is 2.35. The van der Waals surface area contributed by atoms with E-state index in [0.29, 0.717) is 4.88 Å². The molecule has 0 aliphatic carbocycles. The van der Waals surface area contributed by atoms with E-state index in [1.807, 2.05) is 18.2 Å². The molecule has 5 heteroatoms. The molecule has 1 atom stereocenters. The predicted molar refractivity (Wildman–Crippen MR) is 77.2 cm³/mol. The highest BCUT2D eigenvalue weighted by Gasteiger charge is 2.20. The Labute approximate surface area is 119 Å². The van der Waals surface area contributed by atoms with Gasteiger partial charge in [0.25, 0.3) is 0 Å². The standard InChI is InChI=1S/C14H12O3S2/c1-3-4-9-5-6-10(18-9)11-7-8-12(19-11)13(15)14(16)17-2/h5-8,13,15H,1-2H3. The van der Waals surface area contributed by atoms with Crippen molar-refractivity contribution in [2.75, 3.05) is 7.11 Å². The maximum Gasteiger partial charge on any atom is 0.340 e. The highest BCUT2D eigenvalue weighted by molar-refractivity contribution is 7.22. The number of aliphatic hydroxyl groups excluding tert-OH is 1. The summed E-state index contributed by atoms with van der Waals surface area (Å²) in [6, 6.07) is 7.59. The fraction of sp³-hybridized carbons (Fsp3) is 0.214. The molecule has 0 amide bonds. The summed E-state index contributed by atoms with van der Waals surface area (Å²) < 4.78 is 4.52. The van der Waals surface area contributed by atoms with E-state index < -0.39 is 12.1 Å². The zero-order valence-electron chi connectivity index (χ0n) is 10.5. The third kappa shape index (κ3) is 3.04. The van der Waals surface area contributed by atoms with Crippen LogP contribution >= 0.6 is 22.7 Å². The molecular formula is C14H12O3S2. The van der Waals surface area contributed by atoms with Gasteiger partial charge in [-0.15, -0.1) is 28.6 Å². The van der Waals surface area contributed by atoms with Crippen molar-refractivity contribution in [2.45, 2.75) is 13.0 Å². The molecule has 2 rings (SSSR count). The largest absolute Gasteiger partial charge is 0.467 e. The Kier molecular flexibility index (Phi) is 4.38. The Bertz CT molecular complexity index is 643. The van der Waals surface area contributed by atoms with Crippen LogP contribution in [0.4, 0.5) is 0 Å². The van der Waals surface area contributed by atoms with Gasteiger partial charge in [-0.25, -0.2) is 4.79 Å². The van der Waals surface area contributed by atoms with Gasteiger partial charge in [-0.1, -0.05) is 5.92 Å². The number of hydrogen-bond donors (Lipinski definition) is 1. The van der Waals surface area contributed by atoms with Crippen LogP contribution in [0.5, 0.6) is 0 Å². The van der Waals surface area contributed by atoms with E-state index in [-0.39, 0.29) is 0 Å². The van der Waals surface area contributed by atoms with Crippen LogP contribution in [0.25, 0.3) is 9.75 Å². The fourth-order valence-corrected chi connectivity index (χ4v) is 3.50. The van der Waals surface area contributed by atoms with Gasteiger partial charge < -0.3 is 9.84 Å². The van der Waals surface area contributed by atoms with Gasteiger partial charge in [0.15, 0.2) is 6.10 Å². The molecule has 2 aromatic rings. The molecule has 0 spiro atoms. The average molecular weight is 292 g/mol. The molecular weight excluding hydrogens is 280 g/mol. The minimum Gasteiger partial charge on any atom is -0.467 e. The van der Waals surface area contributed by atoms with Crippen molar-refractivity contribution in [3.8, 4) is 21.6 Å². The molecule has 1 unspecified atom stereocenters. The number of rotatable bonds is 3. The van der Waals surface area contributed by atoms with Gasteiger partial charge in [0.05, 0.1) is 12.0 Å². The fourth-order valence-electron chi connectivity index (χ4n) is 1.52. The lowest BCUT2D eigenvalue weighted by Crippen LogP contribution is -2.11. The summed E-state index contributed by atoms with van der Waals surface area (Å²) in [6.07, 6.45) is -1.21. The number of carbonyl (C=O) groups is 1. The second-order valence-corrected chi connectivity index (χ2v) is 5.87. The van der Waals surface area contributed by atoms with E-state index in [9.17, 15) is 9.90 Å². The Hall–Kier alpha value is -1.61. The summed E-state index contributed by atoms with van der Waals surface area (Å²) in [5, 5.41) is 9.76. The molecule has 0 fully saturated rings. The van der Waals surface area contributed by atoms with Gasteiger partial charge in [0.2, 0.25) is 0 Å². The molecule has 2 aromatic heterocycles. The first-order valence-corrected chi connectivity index (χ1v) is 7.17. The zero-order chi connectivity index (χ0) is 13.8. The van der Waals surface area contributed by atoms with E-state index in [1.54, 1.807) is 24.3 Å². The first-order chi connectivity index (χ1) is 9.15. The van der Waals surface area contributed by atoms with Gasteiger partial charge in [0, 0.05) is 14.6 Å². The number of hydrogen-bond acceptors (Lipinski definition) is 5. The molecule has 3 nitrogen and oxygen atoms in total. The Morgan fingerprint density at radius 2 is 1.95 bits per heavy atom. The van der Waals surface area contributed by atoms with Crippen LogP contribution in [-0.4, -0.2) is 18.2 Å². The van der Waals surface area contributed by atoms with Gasteiger partial charge in [-0.3, -0.25) is 0 Å². The Balaban J connectivity index is 2.24. The molecule has 0 radical (unpaired) electrons. The van der Waals surface area contributed by atoms with Crippen LogP contribution in [-0.2, 0) is 9.53 Å². The van der Waals surface area contributed by atoms with Gasteiger partial charge in [0.1, 0.15) is 0 Å². The third-order valence-electron chi connectivity index (χ3n) is 2.42. The minimum absolute atomic E-state index is 0.582. The molecule has 0 saturated carbocycles. The zero-order valence-corrected chi connectivity index (χ0v) is 12.1. The monoisotopic (exact) mass is 292 g/mol. The summed E-state index contributed by atoms with van der Waals surface area (Å²) in [6.45, 7) is 1.80. The summed E-state index contributed by atoms with van der Waals surface area (Å²) in [4.78, 5) is 14.9. The van der Waals surface area contributed by atoms with Crippen LogP contribution in [0.2, 0.25) is 0 Å². The Morgan fingerprint density at radius 3 is 2.63 bits per heavy atom. The van der Waals surface area contributed by atoms with Crippen LogP contribution in [0.15, 0.2) is 24.3 Å². The normalized spacial score (nSPS) is 11.5. The van der Waals surface area contributed by atoms with Crippen LogP contribution in [0, 0.1) is 11.8 Å². The lowest BCUT2D eigenvalue weighted by Gasteiger charge is -2.04. The number of ether oxygens (including phenoxy) is 1. The minimum atomic E-state index is -1.21. The van der Waals surface area contributed by atoms with Crippen molar-refractivity contribution in [1.29, 1.82) is 0 Å². The van der Waals surface area contributed by atoms with Crippen molar-refractivity contribution in [3.05, 3.63) is 34.0 Å². The lowest BCUT2D eigenvalue weighted by atomic mass is 10.3. The number of carbonyl (C=O) groups excluding carboxylic acids is 1. The van der Waals surface area contributed by atoms with E-state index in [1.165, 1.54) is 18.4 Å². The first kappa shape index (κ1) is 13.8. The molecule has 0 saturated heterocycles. The second-order valence-electron chi connectivity index (χ2n) is 3.67. The smallest absolute Gasteiger partial charge is 0.340 e. The first-order valence-electron chi connectivity index (χ1n) is 5.54. The van der Waals surface area contributed by atoms with Gasteiger partial charge in [-0.2, -0.15) is 0 Å². The van der Waals surface area contributed by atoms with E-state index in [2.05, 4.69) is 16.6 Å². The van der Waals surface area contributed by atoms with Crippen molar-refractivity contribution in [2.24, 2.45) is 0 Å². The maximum atomic E-state index is 11.3. The lowest BCUT2D eigenvalue weighted by molar-refractivity contribution is -0.150. The summed E-state index contributed by atoms with van der Waals surface area (Å²) >= 11 is 2.97. The van der Waals surface area contributed by atoms with Crippen LogP contribution < -0.4 is 0 Å². The Morgan fingerprint density at radius 1 is 1.26 bits per heavy atom. The van der Waals surface area contributed by atoms with E-state index in [0.717, 1.165) is 14.6 Å². The highest BCUT2D eigenvalue weighted by atomic mass is 32.1. The summed E-state index contributed by atoms with van der Waals surface area (Å²) in [5.74, 6) is 5.22. The van der Waals surface area contributed by atoms with Crippen molar-refractivity contribution >= 4 is 28.6 Å². The molecule has 0 aliphatic heterocycles. The number of thiophene rings is 2. The quantitative estimate of drug-likeness (QED) is 0.698. The maximum absolute atomic E-state index is 11.3. The summed E-state index contributed by atoms with van der Waals surface area (Å²) in [5.41, 5.74) is 0. The predicted octanol–water partition coefficient (Wildman–Crippen LogP) is 3.05. The summed E-state index contributed by atoms with van der Waals surface area (Å²) in [7, 11) is 1.26. The molecule has 98 valence electrons. The number of methoxy groups -OCH3 is 1. The van der Waals surface area contributed by atoms with Crippen molar-refractivity contribution < 1.29 is 14.6 Å². The number of esters is 1. The van der Waals surface area contributed by atoms with Crippen molar-refractivity contribution in [3.63, 3.8) is 0 Å². The topological polar surface area (TPSA) is 46.5 Å². The SMILES string of the molecule is CC#Cc1ccc(-c2ccc(C(O)C(=O)OC)s2)s1. The molecule has 0 bridgehead atoms.